The molecule has 4 rings (SSSR count). The normalized spacial score (nSPS) is 16.7. The molecule has 0 bridgehead atoms. The number of aliphatic imine (C=N–C) groups is 1. The molecule has 2 aromatic carbocycles. The number of esters is 1. The first-order chi connectivity index (χ1) is 17.0. The Bertz CT molecular complexity index is 1050. The summed E-state index contributed by atoms with van der Waals surface area (Å²) in [5.74, 6) is 0.233. The number of piperidine rings is 1. The van der Waals surface area contributed by atoms with Crippen molar-refractivity contribution < 1.29 is 19.1 Å². The van der Waals surface area contributed by atoms with Crippen LogP contribution in [0.15, 0.2) is 53.5 Å². The van der Waals surface area contributed by atoms with E-state index in [-0.39, 0.29) is 37.0 Å². The van der Waals surface area contributed by atoms with Crippen LogP contribution in [0.4, 0.5) is 5.69 Å². The highest BCUT2D eigenvalue weighted by atomic mass is 16.5. The molecule has 1 amide bonds. The third kappa shape index (κ3) is 6.73. The zero-order valence-corrected chi connectivity index (χ0v) is 19.9. The summed E-state index contributed by atoms with van der Waals surface area (Å²) in [6, 6.07) is 14.8. The van der Waals surface area contributed by atoms with Gasteiger partial charge in [0.05, 0.1) is 18.3 Å². The van der Waals surface area contributed by atoms with Crippen molar-refractivity contribution in [2.45, 2.75) is 44.9 Å². The maximum absolute atomic E-state index is 12.3. The van der Waals surface area contributed by atoms with Gasteiger partial charge in [0.1, 0.15) is 18.9 Å². The summed E-state index contributed by atoms with van der Waals surface area (Å²) in [4.78, 5) is 32.5. The zero-order valence-electron chi connectivity index (χ0n) is 19.9. The van der Waals surface area contributed by atoms with Gasteiger partial charge in [0.25, 0.3) is 0 Å². The predicted octanol–water partition coefficient (Wildman–Crippen LogP) is 2.30. The SMILES string of the molecule is NC(=O)C(CCOc1ccc2c(c1)N=C(N)N(CC(=O)OCc1ccccc1)C2)N1CCCCC1. The van der Waals surface area contributed by atoms with Crippen molar-refractivity contribution in [1.82, 2.24) is 9.80 Å². The second kappa shape index (κ2) is 11.7. The van der Waals surface area contributed by atoms with Crippen LogP contribution in [0.5, 0.6) is 5.75 Å². The van der Waals surface area contributed by atoms with Gasteiger partial charge in [-0.15, -0.1) is 0 Å². The van der Waals surface area contributed by atoms with E-state index in [0.717, 1.165) is 37.1 Å². The van der Waals surface area contributed by atoms with Crippen molar-refractivity contribution >= 4 is 23.5 Å². The number of benzene rings is 2. The standard InChI is InChI=1S/C26H33N5O4/c27-25(33)23(30-12-5-2-6-13-30)11-14-34-21-10-9-20-16-31(26(28)29-22(20)15-21)17-24(32)35-18-19-7-3-1-4-8-19/h1,3-4,7-10,15,23H,2,5-6,11-14,16-18H2,(H2,27,33)(H2,28,29). The average molecular weight is 480 g/mol. The summed E-state index contributed by atoms with van der Waals surface area (Å²) >= 11 is 0. The van der Waals surface area contributed by atoms with Gasteiger partial charge in [-0.1, -0.05) is 42.8 Å². The summed E-state index contributed by atoms with van der Waals surface area (Å²) in [5, 5.41) is 0. The first kappa shape index (κ1) is 24.5. The molecule has 1 saturated heterocycles. The molecular weight excluding hydrogens is 446 g/mol. The molecular formula is C26H33N5O4. The largest absolute Gasteiger partial charge is 0.493 e. The quantitative estimate of drug-likeness (QED) is 0.501. The molecule has 186 valence electrons. The molecule has 1 atom stereocenters. The van der Waals surface area contributed by atoms with Gasteiger partial charge in [-0.2, -0.15) is 0 Å². The number of carbonyl (C=O) groups excluding carboxylic acids is 2. The average Bonchev–Trinajstić information content (AvgIpc) is 2.87. The van der Waals surface area contributed by atoms with Crippen LogP contribution in [0.25, 0.3) is 0 Å². The van der Waals surface area contributed by atoms with E-state index < -0.39 is 0 Å². The summed E-state index contributed by atoms with van der Waals surface area (Å²) in [5.41, 5.74) is 14.3. The number of nitrogens with zero attached hydrogens (tertiary/aromatic N) is 3. The summed E-state index contributed by atoms with van der Waals surface area (Å²) in [6.45, 7) is 2.86. The molecule has 1 fully saturated rings. The van der Waals surface area contributed by atoms with E-state index in [1.807, 2.05) is 48.5 Å². The van der Waals surface area contributed by atoms with Gasteiger partial charge in [-0.3, -0.25) is 14.5 Å². The van der Waals surface area contributed by atoms with Crippen molar-refractivity contribution in [3.05, 3.63) is 59.7 Å². The lowest BCUT2D eigenvalue weighted by atomic mass is 10.1. The highest BCUT2D eigenvalue weighted by Crippen LogP contribution is 2.30. The van der Waals surface area contributed by atoms with Crippen LogP contribution in [0.2, 0.25) is 0 Å². The Labute approximate surface area is 205 Å². The van der Waals surface area contributed by atoms with Crippen LogP contribution in [0.1, 0.15) is 36.8 Å². The lowest BCUT2D eigenvalue weighted by Crippen LogP contribution is -2.47. The van der Waals surface area contributed by atoms with Gasteiger partial charge < -0.3 is 25.8 Å². The third-order valence-electron chi connectivity index (χ3n) is 6.36. The van der Waals surface area contributed by atoms with Crippen molar-refractivity contribution in [3.8, 4) is 5.75 Å². The van der Waals surface area contributed by atoms with Gasteiger partial charge >= 0.3 is 5.97 Å². The Morgan fingerprint density at radius 2 is 1.83 bits per heavy atom. The predicted molar refractivity (Wildman–Crippen MR) is 133 cm³/mol. The molecule has 2 aromatic rings. The number of carbonyl (C=O) groups is 2. The van der Waals surface area contributed by atoms with Crippen LogP contribution in [-0.4, -0.2) is 59.9 Å². The number of fused-ring (bicyclic) bond motifs is 1. The van der Waals surface area contributed by atoms with E-state index >= 15 is 0 Å². The number of ether oxygens (including phenoxy) is 2. The first-order valence-corrected chi connectivity index (χ1v) is 12.1. The van der Waals surface area contributed by atoms with Crippen LogP contribution < -0.4 is 16.2 Å². The van der Waals surface area contributed by atoms with Crippen molar-refractivity contribution in [3.63, 3.8) is 0 Å². The highest BCUT2D eigenvalue weighted by Gasteiger charge is 2.25. The molecule has 0 aromatic heterocycles. The van der Waals surface area contributed by atoms with E-state index in [1.165, 1.54) is 6.42 Å². The number of hydrogen-bond donors (Lipinski definition) is 2. The summed E-state index contributed by atoms with van der Waals surface area (Å²) in [7, 11) is 0. The molecule has 0 aliphatic carbocycles. The number of guanidine groups is 1. The van der Waals surface area contributed by atoms with E-state index in [4.69, 9.17) is 20.9 Å². The van der Waals surface area contributed by atoms with Crippen LogP contribution >= 0.6 is 0 Å². The van der Waals surface area contributed by atoms with Crippen molar-refractivity contribution in [1.29, 1.82) is 0 Å². The second-order valence-corrected chi connectivity index (χ2v) is 8.91. The molecule has 2 aliphatic rings. The Hall–Kier alpha value is -3.59. The van der Waals surface area contributed by atoms with Crippen LogP contribution in [0, 0.1) is 0 Å². The van der Waals surface area contributed by atoms with Gasteiger partial charge in [-0.25, -0.2) is 4.99 Å². The minimum Gasteiger partial charge on any atom is -0.493 e. The van der Waals surface area contributed by atoms with E-state index in [9.17, 15) is 9.59 Å². The van der Waals surface area contributed by atoms with Gasteiger partial charge in [0.2, 0.25) is 5.91 Å². The van der Waals surface area contributed by atoms with E-state index in [2.05, 4.69) is 9.89 Å². The number of amides is 1. The Balaban J connectivity index is 1.29. The highest BCUT2D eigenvalue weighted by molar-refractivity contribution is 5.87. The number of primary amides is 1. The summed E-state index contributed by atoms with van der Waals surface area (Å²) in [6.07, 6.45) is 3.92. The van der Waals surface area contributed by atoms with Gasteiger partial charge in [-0.05, 0) is 43.1 Å². The molecule has 0 radical (unpaired) electrons. The molecule has 9 nitrogen and oxygen atoms in total. The van der Waals surface area contributed by atoms with Crippen LogP contribution in [-0.2, 0) is 27.5 Å². The molecule has 2 aliphatic heterocycles. The Morgan fingerprint density at radius 1 is 1.06 bits per heavy atom. The minimum atomic E-state index is -0.367. The number of rotatable bonds is 10. The maximum atomic E-state index is 12.3. The topological polar surface area (TPSA) is 123 Å². The van der Waals surface area contributed by atoms with Crippen LogP contribution in [0.3, 0.4) is 0 Å². The van der Waals surface area contributed by atoms with E-state index in [0.29, 0.717) is 31.0 Å². The lowest BCUT2D eigenvalue weighted by molar-refractivity contribution is -0.145. The smallest absolute Gasteiger partial charge is 0.325 e. The van der Waals surface area contributed by atoms with Crippen molar-refractivity contribution in [2.24, 2.45) is 16.5 Å². The minimum absolute atomic E-state index is 0.0187. The molecule has 35 heavy (non-hydrogen) atoms. The number of hydrogen-bond acceptors (Lipinski definition) is 8. The monoisotopic (exact) mass is 479 g/mol. The second-order valence-electron chi connectivity index (χ2n) is 8.91. The molecule has 0 spiro atoms. The first-order valence-electron chi connectivity index (χ1n) is 12.1. The lowest BCUT2D eigenvalue weighted by Gasteiger charge is -2.32. The fraction of sp³-hybridized carbons (Fsp3) is 0.423. The maximum Gasteiger partial charge on any atom is 0.325 e. The fourth-order valence-corrected chi connectivity index (χ4v) is 4.45. The van der Waals surface area contributed by atoms with Gasteiger partial charge in [0.15, 0.2) is 5.96 Å². The number of nitrogens with two attached hydrogens (primary N) is 2. The molecule has 0 saturated carbocycles. The Kier molecular flexibility index (Phi) is 8.20. The molecule has 2 heterocycles. The molecule has 9 heteroatoms. The molecule has 4 N–H and O–H groups in total. The summed E-state index contributed by atoms with van der Waals surface area (Å²) < 4.78 is 11.3. The van der Waals surface area contributed by atoms with Crippen molar-refractivity contribution in [2.75, 3.05) is 26.2 Å². The van der Waals surface area contributed by atoms with Gasteiger partial charge in [0, 0.05) is 19.0 Å². The molecule has 1 unspecified atom stereocenters. The Morgan fingerprint density at radius 3 is 2.57 bits per heavy atom. The fourth-order valence-electron chi connectivity index (χ4n) is 4.45. The van der Waals surface area contributed by atoms with E-state index in [1.54, 1.807) is 4.90 Å². The zero-order chi connectivity index (χ0) is 24.6. The third-order valence-corrected chi connectivity index (χ3v) is 6.36. The number of likely N-dealkylation sites (tertiary alicyclic amines) is 1.